The number of nitrogens with two attached hydrogens (primary N) is 1. The van der Waals surface area contributed by atoms with E-state index in [9.17, 15) is 4.79 Å². The number of fused-ring (bicyclic) bond motifs is 1. The van der Waals surface area contributed by atoms with Gasteiger partial charge in [0.15, 0.2) is 10.9 Å². The van der Waals surface area contributed by atoms with Gasteiger partial charge in [0.25, 0.3) is 0 Å². The van der Waals surface area contributed by atoms with Crippen molar-refractivity contribution < 1.29 is 4.79 Å². The smallest absolute Gasteiger partial charge is 0.184 e. The number of thiazole rings is 1. The van der Waals surface area contributed by atoms with Gasteiger partial charge in [0.05, 0.1) is 39.1 Å². The minimum Gasteiger partial charge on any atom is -0.375 e. The lowest BCUT2D eigenvalue weighted by molar-refractivity contribution is -0.118. The van der Waals surface area contributed by atoms with Crippen molar-refractivity contribution in [3.63, 3.8) is 0 Å². The second-order valence-electron chi connectivity index (χ2n) is 6.45. The number of ketones is 1. The summed E-state index contributed by atoms with van der Waals surface area (Å²) in [4.78, 5) is 19.7. The van der Waals surface area contributed by atoms with Gasteiger partial charge in [0.1, 0.15) is 10.9 Å². The molecule has 3 N–H and O–H groups in total. The highest BCUT2D eigenvalue weighted by Crippen LogP contribution is 2.34. The number of hydrogen-bond donors (Lipinski definition) is 2. The highest BCUT2D eigenvalue weighted by molar-refractivity contribution is 7.80. The van der Waals surface area contributed by atoms with E-state index in [0.29, 0.717) is 27.3 Å². The van der Waals surface area contributed by atoms with E-state index in [1.807, 2.05) is 35.2 Å². The molecule has 1 saturated heterocycles. The molecule has 4 rings (SSSR count). The zero-order valence-electron chi connectivity index (χ0n) is 14.9. The van der Waals surface area contributed by atoms with Crippen molar-refractivity contribution in [2.75, 3.05) is 18.0 Å². The highest BCUT2D eigenvalue weighted by Gasteiger charge is 2.36. The first kappa shape index (κ1) is 20.0. The summed E-state index contributed by atoms with van der Waals surface area (Å²) in [7, 11) is 0. The van der Waals surface area contributed by atoms with Crippen molar-refractivity contribution >= 4 is 79.3 Å². The number of halogens is 2. The predicted molar refractivity (Wildman–Crippen MR) is 123 cm³/mol. The van der Waals surface area contributed by atoms with Crippen LogP contribution in [0.1, 0.15) is 10.9 Å². The molecule has 0 aliphatic carbocycles. The van der Waals surface area contributed by atoms with E-state index >= 15 is 0 Å². The van der Waals surface area contributed by atoms with Crippen molar-refractivity contribution in [2.45, 2.75) is 5.92 Å². The molecule has 1 aliphatic heterocycles. The van der Waals surface area contributed by atoms with Crippen molar-refractivity contribution in [2.24, 2.45) is 10.8 Å². The van der Waals surface area contributed by atoms with Crippen molar-refractivity contribution in [1.29, 1.82) is 0 Å². The maximum atomic E-state index is 13.2. The Balaban J connectivity index is 1.71. The van der Waals surface area contributed by atoms with Crippen LogP contribution in [0.25, 0.3) is 10.2 Å². The molecule has 0 bridgehead atoms. The molecule has 0 radical (unpaired) electrons. The fourth-order valence-corrected chi connectivity index (χ4v) is 4.65. The number of carbonyl (C=O) groups excluding carboxylic acids is 1. The third kappa shape index (κ3) is 4.20. The van der Waals surface area contributed by atoms with Crippen LogP contribution in [0.2, 0.25) is 10.0 Å². The van der Waals surface area contributed by atoms with Gasteiger partial charge in [0.2, 0.25) is 0 Å². The molecule has 2 aromatic carbocycles. The molecule has 6 nitrogen and oxygen atoms in total. The number of anilines is 1. The van der Waals surface area contributed by atoms with Gasteiger partial charge in [-0.05, 0) is 42.5 Å². The minimum atomic E-state index is -0.562. The number of carbonyl (C=O) groups is 1. The molecule has 2 heterocycles. The van der Waals surface area contributed by atoms with Crippen LogP contribution in [0.5, 0.6) is 0 Å². The number of hydrogen-bond acceptors (Lipinski definition) is 6. The molecule has 1 fully saturated rings. The van der Waals surface area contributed by atoms with Gasteiger partial charge >= 0.3 is 0 Å². The number of aromatic nitrogens is 1. The number of nitrogens with one attached hydrogen (secondary N) is 1. The summed E-state index contributed by atoms with van der Waals surface area (Å²) in [6.07, 6.45) is 0. The number of para-hydroxylation sites is 1. The van der Waals surface area contributed by atoms with Crippen LogP contribution in [0.3, 0.4) is 0 Å². The summed E-state index contributed by atoms with van der Waals surface area (Å²) in [5, 5.41) is 5.93. The molecule has 1 aliphatic rings. The summed E-state index contributed by atoms with van der Waals surface area (Å²) >= 11 is 18.5. The molecular weight excluding hydrogens is 449 g/mol. The second-order valence-corrected chi connectivity index (χ2v) is 8.77. The topological polar surface area (TPSA) is 83.6 Å². The number of nitrogens with zero attached hydrogens (tertiary/aromatic N) is 3. The molecule has 0 saturated carbocycles. The summed E-state index contributed by atoms with van der Waals surface area (Å²) in [6.45, 7) is 0.588. The summed E-state index contributed by atoms with van der Waals surface area (Å²) in [5.41, 5.74) is 10.4. The maximum Gasteiger partial charge on any atom is 0.184 e. The molecule has 3 aromatic rings. The Kier molecular flexibility index (Phi) is 5.69. The fraction of sp³-hybridized carbons (Fsp3) is 0.158. The van der Waals surface area contributed by atoms with E-state index < -0.39 is 5.92 Å². The van der Waals surface area contributed by atoms with Crippen molar-refractivity contribution in [3.8, 4) is 0 Å². The third-order valence-corrected chi connectivity index (χ3v) is 6.42. The van der Waals surface area contributed by atoms with E-state index in [4.69, 9.17) is 41.2 Å². The summed E-state index contributed by atoms with van der Waals surface area (Å²) < 4.78 is 1.02. The van der Waals surface area contributed by atoms with Crippen LogP contribution in [-0.4, -0.2) is 34.7 Å². The van der Waals surface area contributed by atoms with Crippen molar-refractivity contribution in [1.82, 2.24) is 10.4 Å². The molecule has 0 spiro atoms. The van der Waals surface area contributed by atoms with Crippen LogP contribution < -0.4 is 16.1 Å². The Bertz CT molecular complexity index is 1110. The normalized spacial score (nSPS) is 18.4. The average Bonchev–Trinajstić information content (AvgIpc) is 3.11. The number of piperidine rings is 1. The molecule has 10 heteroatoms. The first-order valence-corrected chi connectivity index (χ1v) is 10.6. The zero-order valence-corrected chi connectivity index (χ0v) is 18.1. The van der Waals surface area contributed by atoms with E-state index in [1.54, 1.807) is 12.1 Å². The van der Waals surface area contributed by atoms with E-state index in [2.05, 4.69) is 15.5 Å². The zero-order chi connectivity index (χ0) is 20.5. The maximum absolute atomic E-state index is 13.2. The van der Waals surface area contributed by atoms with E-state index in [0.717, 1.165) is 15.9 Å². The second kappa shape index (κ2) is 8.23. The van der Waals surface area contributed by atoms with Gasteiger partial charge < -0.3 is 10.6 Å². The molecule has 1 aromatic heterocycles. The summed E-state index contributed by atoms with van der Waals surface area (Å²) in [6, 6.07) is 13.0. The monoisotopic (exact) mass is 463 g/mol. The number of benzene rings is 2. The largest absolute Gasteiger partial charge is 0.375 e. The standard InChI is InChI=1S/C19H15Cl2N5OS2/c20-11-6-5-10(7-12(11)21)26-8-14(24-25-19(22)28)17(15(27)9-26)18-23-13-3-1-2-4-16(13)29-18/h1-7,17H,8-9H2,(H3,22,25,28). The van der Waals surface area contributed by atoms with Crippen LogP contribution in [0, 0.1) is 0 Å². The lowest BCUT2D eigenvalue weighted by Gasteiger charge is -2.33. The quantitative estimate of drug-likeness (QED) is 0.451. The van der Waals surface area contributed by atoms with Gasteiger partial charge in [-0.3, -0.25) is 10.2 Å². The summed E-state index contributed by atoms with van der Waals surface area (Å²) in [5.74, 6) is -0.585. The number of Topliss-reactive ketones (excluding diaryl/α,β-unsaturated/α-hetero) is 1. The lowest BCUT2D eigenvalue weighted by atomic mass is 9.93. The van der Waals surface area contributed by atoms with E-state index in [-0.39, 0.29) is 17.4 Å². The molecule has 0 amide bonds. The molecule has 1 atom stereocenters. The molecular formula is C19H15Cl2N5OS2. The first-order valence-electron chi connectivity index (χ1n) is 8.62. The van der Waals surface area contributed by atoms with Crippen LogP contribution in [0.15, 0.2) is 47.6 Å². The average molecular weight is 464 g/mol. The number of thiocarbonyl (C=S) groups is 1. The highest BCUT2D eigenvalue weighted by atomic mass is 35.5. The van der Waals surface area contributed by atoms with Crippen LogP contribution in [-0.2, 0) is 4.79 Å². The Morgan fingerprint density at radius 3 is 2.76 bits per heavy atom. The predicted octanol–water partition coefficient (Wildman–Crippen LogP) is 3.97. The Morgan fingerprint density at radius 1 is 1.24 bits per heavy atom. The van der Waals surface area contributed by atoms with E-state index in [1.165, 1.54) is 11.3 Å². The molecule has 29 heavy (non-hydrogen) atoms. The minimum absolute atomic E-state index is 0.0233. The third-order valence-electron chi connectivity index (χ3n) is 4.49. The Hall–Kier alpha value is -2.26. The van der Waals surface area contributed by atoms with Crippen LogP contribution in [0.4, 0.5) is 5.69 Å². The van der Waals surface area contributed by atoms with Gasteiger partial charge in [0, 0.05) is 5.69 Å². The Morgan fingerprint density at radius 2 is 2.03 bits per heavy atom. The SMILES string of the molecule is NC(=S)NN=C1CN(c2ccc(Cl)c(Cl)c2)CC(=O)C1c1nc2ccccc2s1. The number of hydrazone groups is 1. The van der Waals surface area contributed by atoms with Gasteiger partial charge in [-0.15, -0.1) is 11.3 Å². The lowest BCUT2D eigenvalue weighted by Crippen LogP contribution is -2.47. The van der Waals surface area contributed by atoms with Gasteiger partial charge in [-0.2, -0.15) is 5.10 Å². The van der Waals surface area contributed by atoms with Crippen LogP contribution >= 0.6 is 46.8 Å². The fourth-order valence-electron chi connectivity index (χ4n) is 3.19. The van der Waals surface area contributed by atoms with Gasteiger partial charge in [-0.25, -0.2) is 4.98 Å². The number of rotatable bonds is 3. The first-order chi connectivity index (χ1) is 13.9. The van der Waals surface area contributed by atoms with Gasteiger partial charge in [-0.1, -0.05) is 35.3 Å². The van der Waals surface area contributed by atoms with Crippen molar-refractivity contribution in [3.05, 3.63) is 57.5 Å². The molecule has 1 unspecified atom stereocenters. The Labute approximate surface area is 186 Å². The molecule has 148 valence electrons.